The quantitative estimate of drug-likeness (QED) is 0.900. The van der Waals surface area contributed by atoms with Gasteiger partial charge in [-0.3, -0.25) is 4.79 Å². The Morgan fingerprint density at radius 2 is 2.05 bits per heavy atom. The van der Waals surface area contributed by atoms with Crippen molar-refractivity contribution in [2.45, 2.75) is 52.5 Å². The van der Waals surface area contributed by atoms with E-state index in [1.165, 1.54) is 12.8 Å². The van der Waals surface area contributed by atoms with Crippen LogP contribution in [0.15, 0.2) is 24.3 Å². The van der Waals surface area contributed by atoms with Crippen LogP contribution in [0.1, 0.15) is 45.6 Å². The predicted octanol–water partition coefficient (Wildman–Crippen LogP) is 3.57. The number of carbonyl (C=O) groups is 1. The Balaban J connectivity index is 1.84. The Labute approximate surface area is 128 Å². The van der Waals surface area contributed by atoms with Gasteiger partial charge in [-0.25, -0.2) is 0 Å². The van der Waals surface area contributed by atoms with E-state index in [0.717, 1.165) is 24.2 Å². The van der Waals surface area contributed by atoms with Crippen LogP contribution >= 0.6 is 0 Å². The van der Waals surface area contributed by atoms with Crippen LogP contribution in [0.2, 0.25) is 0 Å². The number of benzene rings is 1. The smallest absolute Gasteiger partial charge is 0.258 e. The van der Waals surface area contributed by atoms with E-state index in [4.69, 9.17) is 4.74 Å². The third-order valence-corrected chi connectivity index (χ3v) is 4.77. The molecule has 21 heavy (non-hydrogen) atoms. The van der Waals surface area contributed by atoms with Crippen LogP contribution in [0.5, 0.6) is 5.75 Å². The number of aryl methyl sites for hydroxylation is 1. The zero-order valence-electron chi connectivity index (χ0n) is 13.4. The molecule has 1 aliphatic carbocycles. The standard InChI is InChI=1S/C18H27NO2/c1-4-15-9-5-6-11-17(15)21-12-18(20)19-16-10-7-8-13(2)14(16)3/h5-6,9,11,13-14,16H,4,7-8,10,12H2,1-3H3,(H,19,20). The van der Waals surface area contributed by atoms with E-state index in [9.17, 15) is 4.79 Å². The first-order valence-corrected chi connectivity index (χ1v) is 8.12. The molecule has 1 N–H and O–H groups in total. The van der Waals surface area contributed by atoms with Crippen LogP contribution in [0, 0.1) is 11.8 Å². The van der Waals surface area contributed by atoms with E-state index in [-0.39, 0.29) is 12.5 Å². The predicted molar refractivity (Wildman–Crippen MR) is 85.4 cm³/mol. The van der Waals surface area contributed by atoms with Crippen molar-refractivity contribution in [2.24, 2.45) is 11.8 Å². The van der Waals surface area contributed by atoms with Crippen molar-refractivity contribution in [2.75, 3.05) is 6.61 Å². The van der Waals surface area contributed by atoms with Crippen LogP contribution in [0.25, 0.3) is 0 Å². The van der Waals surface area contributed by atoms with Crippen molar-refractivity contribution in [3.63, 3.8) is 0 Å². The molecule has 2 rings (SSSR count). The highest BCUT2D eigenvalue weighted by Crippen LogP contribution is 2.29. The van der Waals surface area contributed by atoms with Crippen LogP contribution < -0.4 is 10.1 Å². The van der Waals surface area contributed by atoms with E-state index in [0.29, 0.717) is 17.9 Å². The molecule has 1 aliphatic rings. The van der Waals surface area contributed by atoms with Crippen LogP contribution in [0.4, 0.5) is 0 Å². The van der Waals surface area contributed by atoms with E-state index in [2.05, 4.69) is 26.1 Å². The van der Waals surface area contributed by atoms with Crippen molar-refractivity contribution in [3.8, 4) is 5.75 Å². The van der Waals surface area contributed by atoms with Gasteiger partial charge in [0, 0.05) is 6.04 Å². The van der Waals surface area contributed by atoms with Crippen molar-refractivity contribution >= 4 is 5.91 Å². The number of rotatable bonds is 5. The third-order valence-electron chi connectivity index (χ3n) is 4.77. The second-order valence-electron chi connectivity index (χ2n) is 6.19. The summed E-state index contributed by atoms with van der Waals surface area (Å²) in [5.41, 5.74) is 1.14. The maximum Gasteiger partial charge on any atom is 0.258 e. The van der Waals surface area contributed by atoms with Crippen molar-refractivity contribution in [3.05, 3.63) is 29.8 Å². The lowest BCUT2D eigenvalue weighted by atomic mass is 9.78. The summed E-state index contributed by atoms with van der Waals surface area (Å²) in [6.45, 7) is 6.71. The molecule has 1 aromatic carbocycles. The second kappa shape index (κ2) is 7.48. The number of hydrogen-bond acceptors (Lipinski definition) is 2. The fourth-order valence-electron chi connectivity index (χ4n) is 3.11. The average molecular weight is 289 g/mol. The van der Waals surface area contributed by atoms with Gasteiger partial charge in [-0.05, 0) is 36.3 Å². The zero-order chi connectivity index (χ0) is 15.2. The normalized spacial score (nSPS) is 25.4. The summed E-state index contributed by atoms with van der Waals surface area (Å²) in [6, 6.07) is 8.20. The molecule has 0 bridgehead atoms. The number of nitrogens with one attached hydrogen (secondary N) is 1. The molecular formula is C18H27NO2. The van der Waals surface area contributed by atoms with Gasteiger partial charge in [0.05, 0.1) is 0 Å². The molecule has 116 valence electrons. The maximum atomic E-state index is 12.1. The molecule has 3 atom stereocenters. The van der Waals surface area contributed by atoms with Crippen molar-refractivity contribution in [1.82, 2.24) is 5.32 Å². The lowest BCUT2D eigenvalue weighted by molar-refractivity contribution is -0.124. The van der Waals surface area contributed by atoms with Gasteiger partial charge >= 0.3 is 0 Å². The maximum absolute atomic E-state index is 12.1. The average Bonchev–Trinajstić information content (AvgIpc) is 2.50. The fourth-order valence-corrected chi connectivity index (χ4v) is 3.11. The largest absolute Gasteiger partial charge is 0.483 e. The fraction of sp³-hybridized carbons (Fsp3) is 0.611. The molecule has 3 nitrogen and oxygen atoms in total. The monoisotopic (exact) mass is 289 g/mol. The van der Waals surface area contributed by atoms with E-state index >= 15 is 0 Å². The van der Waals surface area contributed by atoms with Gasteiger partial charge in [-0.1, -0.05) is 51.8 Å². The van der Waals surface area contributed by atoms with E-state index < -0.39 is 0 Å². The first kappa shape index (κ1) is 15.9. The Bertz CT molecular complexity index is 472. The lowest BCUT2D eigenvalue weighted by Gasteiger charge is -2.34. The summed E-state index contributed by atoms with van der Waals surface area (Å²) in [7, 11) is 0. The molecule has 0 aromatic heterocycles. The Kier molecular flexibility index (Phi) is 5.66. The van der Waals surface area contributed by atoms with E-state index in [1.807, 2.05) is 24.3 Å². The Morgan fingerprint density at radius 3 is 2.81 bits per heavy atom. The van der Waals surface area contributed by atoms with Gasteiger partial charge in [0.15, 0.2) is 6.61 Å². The molecule has 0 radical (unpaired) electrons. The first-order chi connectivity index (χ1) is 10.1. The highest BCUT2D eigenvalue weighted by Gasteiger charge is 2.28. The summed E-state index contributed by atoms with van der Waals surface area (Å²) < 4.78 is 5.68. The van der Waals surface area contributed by atoms with E-state index in [1.54, 1.807) is 0 Å². The Hall–Kier alpha value is -1.51. The van der Waals surface area contributed by atoms with Gasteiger partial charge in [0.1, 0.15) is 5.75 Å². The zero-order valence-corrected chi connectivity index (χ0v) is 13.4. The summed E-state index contributed by atoms with van der Waals surface area (Å²) in [5, 5.41) is 3.14. The van der Waals surface area contributed by atoms with Crippen LogP contribution in [-0.4, -0.2) is 18.6 Å². The van der Waals surface area contributed by atoms with Gasteiger partial charge in [-0.15, -0.1) is 0 Å². The molecule has 3 heteroatoms. The van der Waals surface area contributed by atoms with Crippen molar-refractivity contribution in [1.29, 1.82) is 0 Å². The Morgan fingerprint density at radius 1 is 1.29 bits per heavy atom. The number of amides is 1. The second-order valence-corrected chi connectivity index (χ2v) is 6.19. The minimum atomic E-state index is -0.00754. The summed E-state index contributed by atoms with van der Waals surface area (Å²) in [4.78, 5) is 12.1. The van der Waals surface area contributed by atoms with Gasteiger partial charge in [-0.2, -0.15) is 0 Å². The summed E-state index contributed by atoms with van der Waals surface area (Å²) in [6.07, 6.45) is 4.47. The molecule has 1 amide bonds. The van der Waals surface area contributed by atoms with Crippen LogP contribution in [-0.2, 0) is 11.2 Å². The summed E-state index contributed by atoms with van der Waals surface area (Å²) in [5.74, 6) is 2.04. The highest BCUT2D eigenvalue weighted by atomic mass is 16.5. The SMILES string of the molecule is CCc1ccccc1OCC(=O)NC1CCCC(C)C1C. The summed E-state index contributed by atoms with van der Waals surface area (Å²) >= 11 is 0. The molecule has 0 aliphatic heterocycles. The number of ether oxygens (including phenoxy) is 1. The number of hydrogen-bond donors (Lipinski definition) is 1. The molecule has 1 fully saturated rings. The molecule has 0 spiro atoms. The number of carbonyl (C=O) groups excluding carboxylic acids is 1. The number of para-hydroxylation sites is 1. The minimum absolute atomic E-state index is 0.00754. The lowest BCUT2D eigenvalue weighted by Crippen LogP contribution is -2.45. The molecule has 0 saturated heterocycles. The van der Waals surface area contributed by atoms with Crippen LogP contribution in [0.3, 0.4) is 0 Å². The van der Waals surface area contributed by atoms with Gasteiger partial charge < -0.3 is 10.1 Å². The van der Waals surface area contributed by atoms with Gasteiger partial charge in [0.25, 0.3) is 5.91 Å². The first-order valence-electron chi connectivity index (χ1n) is 8.12. The highest BCUT2D eigenvalue weighted by molar-refractivity contribution is 5.77. The molecular weight excluding hydrogens is 262 g/mol. The molecule has 1 saturated carbocycles. The molecule has 3 unspecified atom stereocenters. The van der Waals surface area contributed by atoms with Crippen molar-refractivity contribution < 1.29 is 9.53 Å². The molecule has 1 aromatic rings. The minimum Gasteiger partial charge on any atom is -0.483 e. The topological polar surface area (TPSA) is 38.3 Å². The third kappa shape index (κ3) is 4.23. The molecule has 0 heterocycles. The van der Waals surface area contributed by atoms with Gasteiger partial charge in [0.2, 0.25) is 0 Å².